The van der Waals surface area contributed by atoms with Crippen LogP contribution in [-0.2, 0) is 22.7 Å². The van der Waals surface area contributed by atoms with Gasteiger partial charge in [0.15, 0.2) is 5.65 Å². The van der Waals surface area contributed by atoms with E-state index in [1.807, 2.05) is 30.6 Å². The summed E-state index contributed by atoms with van der Waals surface area (Å²) in [4.78, 5) is 42.8. The van der Waals surface area contributed by atoms with E-state index in [9.17, 15) is 14.4 Å². The van der Waals surface area contributed by atoms with Gasteiger partial charge in [-0.15, -0.1) is 0 Å². The van der Waals surface area contributed by atoms with Crippen molar-refractivity contribution in [3.05, 3.63) is 59.5 Å². The zero-order chi connectivity index (χ0) is 24.6. The highest BCUT2D eigenvalue weighted by atomic mass is 16.5. The fourth-order valence-electron chi connectivity index (χ4n) is 5.46. The summed E-state index contributed by atoms with van der Waals surface area (Å²) >= 11 is 0. The minimum atomic E-state index is -0.616. The predicted molar refractivity (Wildman–Crippen MR) is 129 cm³/mol. The van der Waals surface area contributed by atoms with Crippen molar-refractivity contribution in [3.63, 3.8) is 0 Å². The van der Waals surface area contributed by atoms with Crippen LogP contribution in [0.15, 0.2) is 42.9 Å². The number of rotatable bonds is 6. The van der Waals surface area contributed by atoms with Gasteiger partial charge >= 0.3 is 0 Å². The highest BCUT2D eigenvalue weighted by Crippen LogP contribution is 2.32. The van der Waals surface area contributed by atoms with Crippen LogP contribution in [0.4, 0.5) is 0 Å². The Balaban J connectivity index is 1.12. The first-order valence-corrected chi connectivity index (χ1v) is 12.5. The first kappa shape index (κ1) is 22.7. The van der Waals surface area contributed by atoms with Gasteiger partial charge in [0.2, 0.25) is 11.8 Å². The quantitative estimate of drug-likeness (QED) is 0.510. The highest BCUT2D eigenvalue weighted by molar-refractivity contribution is 6.05. The number of benzene rings is 1. The lowest BCUT2D eigenvalue weighted by atomic mass is 9.92. The molecule has 2 aromatic heterocycles. The molecule has 0 spiro atoms. The van der Waals surface area contributed by atoms with Crippen molar-refractivity contribution in [3.8, 4) is 5.75 Å². The summed E-state index contributed by atoms with van der Waals surface area (Å²) in [5, 5.41) is 10.2. The fraction of sp³-hybridized carbons (Fsp3) is 0.423. The van der Waals surface area contributed by atoms with Crippen LogP contribution in [0.3, 0.4) is 0 Å². The van der Waals surface area contributed by atoms with Crippen LogP contribution in [-0.4, -0.2) is 55.4 Å². The third-order valence-electron chi connectivity index (χ3n) is 7.35. The molecule has 3 unspecified atom stereocenters. The molecule has 2 aliphatic heterocycles. The van der Waals surface area contributed by atoms with Gasteiger partial charge in [-0.2, -0.15) is 5.10 Å². The number of carbonyl (C=O) groups excluding carboxylic acids is 3. The Morgan fingerprint density at radius 2 is 2.00 bits per heavy atom. The highest BCUT2D eigenvalue weighted by Gasteiger charge is 2.39. The van der Waals surface area contributed by atoms with Gasteiger partial charge < -0.3 is 15.0 Å². The molecule has 3 aliphatic rings. The van der Waals surface area contributed by atoms with Gasteiger partial charge in [0, 0.05) is 55.1 Å². The van der Waals surface area contributed by atoms with Gasteiger partial charge in [0.1, 0.15) is 17.9 Å². The number of hydrogen-bond acceptors (Lipinski definition) is 7. The molecular weight excluding hydrogens is 460 g/mol. The molecule has 186 valence electrons. The Hall–Kier alpha value is -3.79. The molecule has 0 radical (unpaired) electrons. The molecule has 2 fully saturated rings. The summed E-state index contributed by atoms with van der Waals surface area (Å²) in [6, 6.07) is 6.99. The lowest BCUT2D eigenvalue weighted by Crippen LogP contribution is -2.52. The monoisotopic (exact) mass is 488 g/mol. The van der Waals surface area contributed by atoms with E-state index >= 15 is 0 Å². The number of nitrogens with one attached hydrogen (secondary N) is 2. The molecule has 1 saturated carbocycles. The topological polar surface area (TPSA) is 118 Å². The SMILES string of the molecule is O=C1CCC(N2Cc3cc(OC4CCCCC4NCc4cnc5ccnn5c4)ccc3C2=O)C(=O)N1. The molecule has 36 heavy (non-hydrogen) atoms. The number of nitrogens with zero attached hydrogens (tertiary/aromatic N) is 4. The number of aromatic nitrogens is 3. The van der Waals surface area contributed by atoms with Gasteiger partial charge in [-0.1, -0.05) is 6.42 Å². The maximum atomic E-state index is 13.0. The zero-order valence-electron chi connectivity index (χ0n) is 19.9. The standard InChI is InChI=1S/C26H28N6O4/c33-24-8-7-21(25(34)30-24)31-15-17-11-18(5-6-19(17)26(31)35)36-22-4-2-1-3-20(22)27-12-16-13-28-23-9-10-29-32(23)14-16/h5-6,9-11,13-14,20-22,27H,1-4,7-8,12,15H2,(H,30,33,34). The van der Waals surface area contributed by atoms with Crippen LogP contribution in [0.5, 0.6) is 5.75 Å². The van der Waals surface area contributed by atoms with Crippen molar-refractivity contribution in [1.82, 2.24) is 30.1 Å². The molecule has 4 heterocycles. The third kappa shape index (κ3) is 4.32. The molecule has 3 atom stereocenters. The predicted octanol–water partition coefficient (Wildman–Crippen LogP) is 1.97. The second-order valence-electron chi connectivity index (χ2n) is 9.74. The normalized spacial score (nSPS) is 24.2. The third-order valence-corrected chi connectivity index (χ3v) is 7.35. The molecule has 3 aromatic rings. The average molecular weight is 489 g/mol. The number of piperidine rings is 1. The van der Waals surface area contributed by atoms with E-state index in [2.05, 4.69) is 20.7 Å². The Kier molecular flexibility index (Phi) is 5.88. The van der Waals surface area contributed by atoms with Crippen LogP contribution >= 0.6 is 0 Å². The minimum absolute atomic E-state index is 0.0153. The van der Waals surface area contributed by atoms with Crippen LogP contribution < -0.4 is 15.4 Å². The lowest BCUT2D eigenvalue weighted by molar-refractivity contribution is -0.136. The summed E-state index contributed by atoms with van der Waals surface area (Å²) in [7, 11) is 0. The summed E-state index contributed by atoms with van der Waals surface area (Å²) in [6.45, 7) is 1.01. The van der Waals surface area contributed by atoms with Crippen LogP contribution in [0.2, 0.25) is 0 Å². The summed E-state index contributed by atoms with van der Waals surface area (Å²) in [5.74, 6) is -0.136. The van der Waals surface area contributed by atoms with Gasteiger partial charge in [-0.05, 0) is 49.4 Å². The molecule has 6 rings (SSSR count). The first-order valence-electron chi connectivity index (χ1n) is 12.5. The van der Waals surface area contributed by atoms with Crippen molar-refractivity contribution in [2.75, 3.05) is 0 Å². The Morgan fingerprint density at radius 3 is 2.89 bits per heavy atom. The van der Waals surface area contributed by atoms with Crippen LogP contribution in [0, 0.1) is 0 Å². The number of carbonyl (C=O) groups is 3. The lowest BCUT2D eigenvalue weighted by Gasteiger charge is -2.32. The van der Waals surface area contributed by atoms with E-state index in [4.69, 9.17) is 4.74 Å². The average Bonchev–Trinajstić information content (AvgIpc) is 3.47. The van der Waals surface area contributed by atoms with Crippen molar-refractivity contribution >= 4 is 23.4 Å². The maximum Gasteiger partial charge on any atom is 0.255 e. The Morgan fingerprint density at radius 1 is 1.11 bits per heavy atom. The van der Waals surface area contributed by atoms with Crippen molar-refractivity contribution < 1.29 is 19.1 Å². The summed E-state index contributed by atoms with van der Waals surface area (Å²) in [5.41, 5.74) is 3.32. The first-order chi connectivity index (χ1) is 17.5. The number of amides is 3. The van der Waals surface area contributed by atoms with E-state index in [0.717, 1.165) is 48.2 Å². The molecule has 1 aromatic carbocycles. The maximum absolute atomic E-state index is 13.0. The minimum Gasteiger partial charge on any atom is -0.489 e. The van der Waals surface area contributed by atoms with Gasteiger partial charge in [-0.3, -0.25) is 19.7 Å². The Labute approximate surface area is 208 Å². The van der Waals surface area contributed by atoms with Gasteiger partial charge in [0.25, 0.3) is 5.91 Å². The van der Waals surface area contributed by atoms with E-state index < -0.39 is 11.9 Å². The summed E-state index contributed by atoms with van der Waals surface area (Å²) in [6.07, 6.45) is 10.4. The molecule has 1 saturated heterocycles. The van der Waals surface area contributed by atoms with Crippen molar-refractivity contribution in [2.24, 2.45) is 0 Å². The molecule has 10 heteroatoms. The molecule has 10 nitrogen and oxygen atoms in total. The number of imide groups is 1. The fourth-order valence-corrected chi connectivity index (χ4v) is 5.46. The second kappa shape index (κ2) is 9.34. The van der Waals surface area contributed by atoms with Crippen LogP contribution in [0.25, 0.3) is 5.65 Å². The largest absolute Gasteiger partial charge is 0.489 e. The number of ether oxygens (including phenoxy) is 1. The van der Waals surface area contributed by atoms with Crippen molar-refractivity contribution in [1.29, 1.82) is 0 Å². The number of hydrogen-bond donors (Lipinski definition) is 2. The second-order valence-corrected chi connectivity index (χ2v) is 9.74. The van der Waals surface area contributed by atoms with E-state index in [1.54, 1.807) is 21.7 Å². The van der Waals surface area contributed by atoms with E-state index in [1.165, 1.54) is 0 Å². The zero-order valence-corrected chi connectivity index (χ0v) is 19.9. The van der Waals surface area contributed by atoms with Crippen LogP contribution in [0.1, 0.15) is 60.0 Å². The Bertz CT molecular complexity index is 1340. The van der Waals surface area contributed by atoms with E-state index in [0.29, 0.717) is 25.1 Å². The van der Waals surface area contributed by atoms with Crippen molar-refractivity contribution in [2.45, 2.75) is 69.8 Å². The van der Waals surface area contributed by atoms with Gasteiger partial charge in [-0.25, -0.2) is 9.50 Å². The number of fused-ring (bicyclic) bond motifs is 2. The van der Waals surface area contributed by atoms with Gasteiger partial charge in [0.05, 0.1) is 6.20 Å². The molecule has 3 amide bonds. The molecule has 0 bridgehead atoms. The van der Waals surface area contributed by atoms with E-state index in [-0.39, 0.29) is 30.4 Å². The summed E-state index contributed by atoms with van der Waals surface area (Å²) < 4.78 is 8.21. The molecule has 1 aliphatic carbocycles. The molecular formula is C26H28N6O4. The smallest absolute Gasteiger partial charge is 0.255 e. The molecule has 2 N–H and O–H groups in total.